The molecule has 2 fully saturated rings. The number of piperidine rings is 1. The normalized spacial score (nSPS) is 16.6. The molecule has 2 aliphatic heterocycles. The van der Waals surface area contributed by atoms with Gasteiger partial charge in [0.1, 0.15) is 12.1 Å². The van der Waals surface area contributed by atoms with Crippen LogP contribution in [0.3, 0.4) is 0 Å². The smallest absolute Gasteiger partial charge is 0.417 e. The molecule has 0 radical (unpaired) electrons. The zero-order chi connectivity index (χ0) is 35.2. The predicted octanol–water partition coefficient (Wildman–Crippen LogP) is 8.23. The fraction of sp³-hybridized carbons (Fsp3) is 0.382. The van der Waals surface area contributed by atoms with E-state index in [0.29, 0.717) is 46.2 Å². The average molecular weight is 723 g/mol. The van der Waals surface area contributed by atoms with Crippen molar-refractivity contribution in [3.8, 4) is 23.1 Å². The Bertz CT molecular complexity index is 1750. The Morgan fingerprint density at radius 3 is 2.53 bits per heavy atom. The van der Waals surface area contributed by atoms with Crippen molar-refractivity contribution >= 4 is 45.8 Å². The molecule has 2 N–H and O–H groups in total. The number of nitrogens with zero attached hydrogens (tertiary/aromatic N) is 3. The third-order valence-corrected chi connectivity index (χ3v) is 8.88. The zero-order valence-corrected chi connectivity index (χ0v) is 28.5. The van der Waals surface area contributed by atoms with Crippen molar-refractivity contribution in [1.82, 2.24) is 20.2 Å². The first-order valence-electron chi connectivity index (χ1n) is 15.5. The number of carbonyl (C=O) groups excluding carboxylic acids is 1. The number of hydrogen-bond acceptors (Lipinski definition) is 8. The van der Waals surface area contributed by atoms with Gasteiger partial charge >= 0.3 is 12.2 Å². The number of ether oxygens (including phenoxy) is 4. The van der Waals surface area contributed by atoms with Crippen LogP contribution in [-0.4, -0.2) is 73.6 Å². The van der Waals surface area contributed by atoms with Crippen LogP contribution in [0.5, 0.6) is 23.1 Å². The number of urea groups is 1. The molecule has 2 aromatic carbocycles. The van der Waals surface area contributed by atoms with Gasteiger partial charge in [0.25, 0.3) is 0 Å². The number of methoxy groups -OCH3 is 1. The summed E-state index contributed by atoms with van der Waals surface area (Å²) < 4.78 is 62.9. The third kappa shape index (κ3) is 9.15. The number of carbonyl (C=O) groups is 1. The Labute approximate surface area is 291 Å². The number of alkyl halides is 3. The molecule has 5 rings (SSSR count). The second-order valence-electron chi connectivity index (χ2n) is 11.8. The van der Waals surface area contributed by atoms with Crippen LogP contribution in [-0.2, 0) is 4.74 Å². The molecule has 0 bridgehead atoms. The van der Waals surface area contributed by atoms with Crippen molar-refractivity contribution in [1.29, 1.82) is 0 Å². The van der Waals surface area contributed by atoms with E-state index in [9.17, 15) is 18.0 Å². The van der Waals surface area contributed by atoms with E-state index in [2.05, 4.69) is 32.1 Å². The molecule has 15 heteroatoms. The van der Waals surface area contributed by atoms with Crippen LogP contribution in [0, 0.1) is 5.41 Å². The summed E-state index contributed by atoms with van der Waals surface area (Å²) >= 11 is 11.9. The van der Waals surface area contributed by atoms with Gasteiger partial charge in [0.05, 0.1) is 54.1 Å². The van der Waals surface area contributed by atoms with Gasteiger partial charge in [-0.05, 0) is 63.6 Å². The Kier molecular flexibility index (Phi) is 11.6. The molecule has 2 saturated heterocycles. The van der Waals surface area contributed by atoms with E-state index in [-0.39, 0.29) is 22.3 Å². The zero-order valence-electron chi connectivity index (χ0n) is 27.0. The summed E-state index contributed by atoms with van der Waals surface area (Å²) in [5, 5.41) is 4.78. The second kappa shape index (κ2) is 15.7. The molecule has 1 spiro atoms. The van der Waals surface area contributed by atoms with Crippen LogP contribution in [0.25, 0.3) is 10.9 Å². The van der Waals surface area contributed by atoms with E-state index in [1.807, 2.05) is 0 Å². The minimum absolute atomic E-state index is 0.100. The van der Waals surface area contributed by atoms with E-state index < -0.39 is 22.8 Å². The highest BCUT2D eigenvalue weighted by Gasteiger charge is 2.41. The molecule has 0 atom stereocenters. The van der Waals surface area contributed by atoms with E-state index in [1.54, 1.807) is 25.3 Å². The van der Waals surface area contributed by atoms with Gasteiger partial charge < -0.3 is 34.5 Å². The molecule has 3 heterocycles. The topological polar surface area (TPSA) is 107 Å². The van der Waals surface area contributed by atoms with E-state index in [1.165, 1.54) is 44.3 Å². The largest absolute Gasteiger partial charge is 0.493 e. The van der Waals surface area contributed by atoms with Gasteiger partial charge in [0, 0.05) is 34.8 Å². The van der Waals surface area contributed by atoms with E-state index in [4.69, 9.17) is 42.1 Å². The average Bonchev–Trinajstić information content (AvgIpc) is 3.04. The Morgan fingerprint density at radius 1 is 1.16 bits per heavy atom. The number of fused-ring (bicyclic) bond motifs is 1. The summed E-state index contributed by atoms with van der Waals surface area (Å²) in [5.41, 5.74) is -0.182. The Balaban J connectivity index is 1.20. The standard InChI is InChI=1S/C34H36Cl2F3N5O5/c1-4-22(14-25(21(2)35)34(37,38)39)42-32(45)43-27-7-6-23(15-26(27)36)49-31-24-16-29(46-3)30(17-28(24)40-20-41-31)48-13-5-10-44-11-8-33(9-12-44)18-47-19-33/h4,6-7,14-17,20H,2,5,8-13,18-19H2,1,3H3,(H2,42,43,45). The minimum Gasteiger partial charge on any atom is -0.493 e. The molecule has 2 aliphatic rings. The maximum absolute atomic E-state index is 13.3. The lowest BCUT2D eigenvalue weighted by Crippen LogP contribution is -2.51. The highest BCUT2D eigenvalue weighted by molar-refractivity contribution is 6.34. The fourth-order valence-electron chi connectivity index (χ4n) is 5.51. The lowest BCUT2D eigenvalue weighted by Gasteiger charge is -2.47. The molecule has 2 amide bonds. The second-order valence-corrected chi connectivity index (χ2v) is 12.6. The molecule has 10 nitrogen and oxygen atoms in total. The molecule has 0 unspecified atom stereocenters. The first-order chi connectivity index (χ1) is 23.4. The summed E-state index contributed by atoms with van der Waals surface area (Å²) in [4.78, 5) is 23.7. The van der Waals surface area contributed by atoms with Crippen LogP contribution >= 0.6 is 23.2 Å². The SMILES string of the molecule is C=C(Cl)C(=CC(=CC)NC(=O)Nc1ccc(Oc2ncnc3cc(OCCCN4CCC5(CC4)COC5)c(OC)cc23)cc1Cl)C(F)(F)F. The number of halogens is 5. The van der Waals surface area contributed by atoms with Crippen LogP contribution < -0.4 is 24.8 Å². The Morgan fingerprint density at radius 2 is 1.92 bits per heavy atom. The summed E-state index contributed by atoms with van der Waals surface area (Å²) in [6.07, 6.45) is 1.79. The van der Waals surface area contributed by atoms with E-state index in [0.717, 1.165) is 39.3 Å². The number of rotatable bonds is 12. The van der Waals surface area contributed by atoms with Gasteiger partial charge in [-0.2, -0.15) is 13.2 Å². The predicted molar refractivity (Wildman–Crippen MR) is 182 cm³/mol. The molecular weight excluding hydrogens is 686 g/mol. The molecule has 3 aromatic rings. The number of anilines is 1. The van der Waals surface area contributed by atoms with Crippen molar-refractivity contribution in [2.75, 3.05) is 51.9 Å². The van der Waals surface area contributed by atoms with E-state index >= 15 is 0 Å². The minimum atomic E-state index is -4.76. The lowest BCUT2D eigenvalue weighted by atomic mass is 9.77. The quantitative estimate of drug-likeness (QED) is 0.142. The van der Waals surface area contributed by atoms with Crippen LogP contribution in [0.1, 0.15) is 26.2 Å². The van der Waals surface area contributed by atoms with Crippen LogP contribution in [0.4, 0.5) is 23.7 Å². The van der Waals surface area contributed by atoms with Gasteiger partial charge in [0.2, 0.25) is 5.88 Å². The van der Waals surface area contributed by atoms with Gasteiger partial charge in [-0.3, -0.25) is 0 Å². The number of nitrogens with one attached hydrogen (secondary N) is 2. The maximum atomic E-state index is 13.3. The number of amides is 2. The van der Waals surface area contributed by atoms with Gasteiger partial charge in [-0.25, -0.2) is 14.8 Å². The molecule has 0 saturated carbocycles. The monoisotopic (exact) mass is 721 g/mol. The summed E-state index contributed by atoms with van der Waals surface area (Å²) in [7, 11) is 1.55. The highest BCUT2D eigenvalue weighted by Crippen LogP contribution is 2.39. The first kappa shape index (κ1) is 36.2. The molecule has 262 valence electrons. The van der Waals surface area contributed by atoms with Crippen molar-refractivity contribution in [2.45, 2.75) is 32.4 Å². The number of aromatic nitrogens is 2. The van der Waals surface area contributed by atoms with Gasteiger partial charge in [0.15, 0.2) is 11.5 Å². The lowest BCUT2D eigenvalue weighted by molar-refractivity contribution is -0.139. The van der Waals surface area contributed by atoms with Gasteiger partial charge in [-0.1, -0.05) is 35.9 Å². The maximum Gasteiger partial charge on any atom is 0.417 e. The van der Waals surface area contributed by atoms with Crippen LogP contribution in [0.2, 0.25) is 5.02 Å². The highest BCUT2D eigenvalue weighted by atomic mass is 35.5. The summed E-state index contributed by atoms with van der Waals surface area (Å²) in [5.74, 6) is 1.58. The van der Waals surface area contributed by atoms with Crippen molar-refractivity contribution < 1.29 is 36.9 Å². The van der Waals surface area contributed by atoms with Crippen molar-refractivity contribution in [2.24, 2.45) is 5.41 Å². The molecule has 1 aromatic heterocycles. The number of allylic oxidation sites excluding steroid dienone is 4. The first-order valence-corrected chi connectivity index (χ1v) is 16.3. The number of likely N-dealkylation sites (tertiary alicyclic amines) is 1. The van der Waals surface area contributed by atoms with Crippen molar-refractivity contribution in [3.63, 3.8) is 0 Å². The summed E-state index contributed by atoms with van der Waals surface area (Å²) in [6, 6.07) is 7.15. The molecular formula is C34H36Cl2F3N5O5. The summed E-state index contributed by atoms with van der Waals surface area (Å²) in [6.45, 7) is 10.0. The van der Waals surface area contributed by atoms with Crippen molar-refractivity contribution in [3.05, 3.63) is 76.7 Å². The number of hydrogen-bond donors (Lipinski definition) is 2. The molecule has 49 heavy (non-hydrogen) atoms. The number of benzene rings is 2. The van der Waals surface area contributed by atoms with Crippen LogP contribution in [0.15, 0.2) is 71.7 Å². The third-order valence-electron chi connectivity index (χ3n) is 8.36. The Hall–Kier alpha value is -4.04. The molecule has 0 aliphatic carbocycles. The van der Waals surface area contributed by atoms with Gasteiger partial charge in [-0.15, -0.1) is 0 Å². The fourth-order valence-corrected chi connectivity index (χ4v) is 5.89.